The molecule has 0 radical (unpaired) electrons. The first-order chi connectivity index (χ1) is 8.49. The van der Waals surface area contributed by atoms with Crippen LogP contribution in [0.1, 0.15) is 25.7 Å². The number of nitrogens with zero attached hydrogens (tertiary/aromatic N) is 1. The third-order valence-electron chi connectivity index (χ3n) is 4.03. The largest absolute Gasteiger partial charge is 0.481 e. The summed E-state index contributed by atoms with van der Waals surface area (Å²) in [5.74, 6) is -2.03. The van der Waals surface area contributed by atoms with Crippen LogP contribution in [0, 0.1) is 17.8 Å². The first kappa shape index (κ1) is 12.9. The van der Waals surface area contributed by atoms with Crippen molar-refractivity contribution in [3.63, 3.8) is 0 Å². The number of carboxylic acid groups (broad SMARTS) is 1. The summed E-state index contributed by atoms with van der Waals surface area (Å²) in [5.41, 5.74) is 5.22. The van der Waals surface area contributed by atoms with E-state index >= 15 is 0 Å². The van der Waals surface area contributed by atoms with Gasteiger partial charge in [-0.3, -0.25) is 14.4 Å². The maximum absolute atomic E-state index is 12.2. The highest BCUT2D eigenvalue weighted by molar-refractivity contribution is 5.83. The molecule has 0 bridgehead atoms. The van der Waals surface area contributed by atoms with E-state index in [4.69, 9.17) is 10.8 Å². The van der Waals surface area contributed by atoms with Gasteiger partial charge in [-0.25, -0.2) is 0 Å². The van der Waals surface area contributed by atoms with Crippen LogP contribution >= 0.6 is 0 Å². The molecule has 18 heavy (non-hydrogen) atoms. The van der Waals surface area contributed by atoms with Gasteiger partial charge in [0.15, 0.2) is 0 Å². The number of amides is 2. The van der Waals surface area contributed by atoms with Gasteiger partial charge in [-0.2, -0.15) is 0 Å². The summed E-state index contributed by atoms with van der Waals surface area (Å²) in [6, 6.07) is 0. The summed E-state index contributed by atoms with van der Waals surface area (Å²) in [7, 11) is 0. The molecule has 6 heteroatoms. The molecular formula is C12H18N2O4. The summed E-state index contributed by atoms with van der Waals surface area (Å²) in [6.45, 7) is 0.948. The predicted molar refractivity (Wildman–Crippen MR) is 62.3 cm³/mol. The fourth-order valence-electron chi connectivity index (χ4n) is 2.88. The third-order valence-corrected chi connectivity index (χ3v) is 4.03. The van der Waals surface area contributed by atoms with E-state index in [2.05, 4.69) is 0 Å². The summed E-state index contributed by atoms with van der Waals surface area (Å²) >= 11 is 0. The molecule has 0 spiro atoms. The Kier molecular flexibility index (Phi) is 3.54. The first-order valence-electron chi connectivity index (χ1n) is 6.30. The van der Waals surface area contributed by atoms with Crippen LogP contribution in [0.5, 0.6) is 0 Å². The Hall–Kier alpha value is -1.59. The maximum Gasteiger partial charge on any atom is 0.306 e. The van der Waals surface area contributed by atoms with Gasteiger partial charge in [-0.15, -0.1) is 0 Å². The monoisotopic (exact) mass is 254 g/mol. The molecule has 1 saturated carbocycles. The van der Waals surface area contributed by atoms with Gasteiger partial charge in [-0.1, -0.05) is 0 Å². The number of carboxylic acids is 1. The van der Waals surface area contributed by atoms with Crippen LogP contribution in [-0.4, -0.2) is 40.9 Å². The number of likely N-dealkylation sites (tertiary alicyclic amines) is 1. The maximum atomic E-state index is 12.2. The molecule has 1 unspecified atom stereocenters. The van der Waals surface area contributed by atoms with E-state index in [1.54, 1.807) is 4.90 Å². The molecule has 3 atom stereocenters. The Labute approximate surface area is 105 Å². The zero-order chi connectivity index (χ0) is 13.3. The normalized spacial score (nSPS) is 31.6. The minimum Gasteiger partial charge on any atom is -0.481 e. The van der Waals surface area contributed by atoms with Crippen molar-refractivity contribution in [1.82, 2.24) is 4.90 Å². The van der Waals surface area contributed by atoms with E-state index in [-0.39, 0.29) is 23.7 Å². The molecule has 1 aliphatic heterocycles. The quantitative estimate of drug-likeness (QED) is 0.729. The first-order valence-corrected chi connectivity index (χ1v) is 6.30. The van der Waals surface area contributed by atoms with E-state index in [1.807, 2.05) is 0 Å². The third kappa shape index (κ3) is 2.47. The molecule has 1 heterocycles. The minimum atomic E-state index is -0.818. The van der Waals surface area contributed by atoms with Gasteiger partial charge >= 0.3 is 5.97 Å². The van der Waals surface area contributed by atoms with Crippen molar-refractivity contribution in [3.05, 3.63) is 0 Å². The molecule has 3 N–H and O–H groups in total. The second-order valence-electron chi connectivity index (χ2n) is 5.22. The lowest BCUT2D eigenvalue weighted by Crippen LogP contribution is -2.35. The second kappa shape index (κ2) is 4.96. The van der Waals surface area contributed by atoms with Crippen molar-refractivity contribution < 1.29 is 19.5 Å². The summed E-state index contributed by atoms with van der Waals surface area (Å²) in [5, 5.41) is 8.91. The number of nitrogens with two attached hydrogens (primary N) is 1. The smallest absolute Gasteiger partial charge is 0.306 e. The standard InChI is InChI=1S/C12H18N2O4/c13-10(15)9-3-4-14(6-9)11(16)7-1-2-8(5-7)12(17)18/h7-9H,1-6H2,(H2,13,15)(H,17,18)/t7-,8+,9?/m1/s1. The van der Waals surface area contributed by atoms with Gasteiger partial charge in [0, 0.05) is 19.0 Å². The van der Waals surface area contributed by atoms with Crippen LogP contribution < -0.4 is 5.73 Å². The lowest BCUT2D eigenvalue weighted by molar-refractivity contribution is -0.141. The minimum absolute atomic E-state index is 0.0116. The number of hydrogen-bond acceptors (Lipinski definition) is 3. The van der Waals surface area contributed by atoms with Gasteiger partial charge in [0.05, 0.1) is 11.8 Å². The fourth-order valence-corrected chi connectivity index (χ4v) is 2.88. The van der Waals surface area contributed by atoms with Crippen LogP contribution in [0.4, 0.5) is 0 Å². The summed E-state index contributed by atoms with van der Waals surface area (Å²) in [4.78, 5) is 35.7. The molecule has 1 saturated heterocycles. The van der Waals surface area contributed by atoms with Gasteiger partial charge in [0.25, 0.3) is 0 Å². The van der Waals surface area contributed by atoms with Crippen LogP contribution in [0.25, 0.3) is 0 Å². The van der Waals surface area contributed by atoms with Crippen LogP contribution in [0.2, 0.25) is 0 Å². The fraction of sp³-hybridized carbons (Fsp3) is 0.750. The summed E-state index contributed by atoms with van der Waals surface area (Å²) < 4.78 is 0. The van der Waals surface area contributed by atoms with Crippen LogP contribution in [0.3, 0.4) is 0 Å². The highest BCUT2D eigenvalue weighted by Crippen LogP contribution is 2.33. The van der Waals surface area contributed by atoms with Crippen molar-refractivity contribution in [3.8, 4) is 0 Å². The molecule has 0 aromatic heterocycles. The van der Waals surface area contributed by atoms with Crippen LogP contribution in [-0.2, 0) is 14.4 Å². The van der Waals surface area contributed by atoms with Gasteiger partial charge in [-0.05, 0) is 25.7 Å². The second-order valence-corrected chi connectivity index (χ2v) is 5.22. The number of rotatable bonds is 3. The molecule has 2 aliphatic rings. The van der Waals surface area contributed by atoms with E-state index in [9.17, 15) is 14.4 Å². The number of aliphatic carboxylic acids is 1. The van der Waals surface area contributed by atoms with Crippen molar-refractivity contribution in [1.29, 1.82) is 0 Å². The predicted octanol–water partition coefficient (Wildman–Crippen LogP) is -0.179. The van der Waals surface area contributed by atoms with E-state index < -0.39 is 11.9 Å². The van der Waals surface area contributed by atoms with E-state index in [0.717, 1.165) is 0 Å². The van der Waals surface area contributed by atoms with Gasteiger partial charge < -0.3 is 15.7 Å². The zero-order valence-corrected chi connectivity index (χ0v) is 10.2. The Morgan fingerprint density at radius 2 is 1.72 bits per heavy atom. The molecule has 2 fully saturated rings. The van der Waals surface area contributed by atoms with Crippen molar-refractivity contribution >= 4 is 17.8 Å². The van der Waals surface area contributed by atoms with E-state index in [0.29, 0.717) is 38.8 Å². The number of carbonyl (C=O) groups is 3. The Morgan fingerprint density at radius 1 is 1.06 bits per heavy atom. The SMILES string of the molecule is NC(=O)C1CCN(C(=O)[C@@H]2CC[C@H](C(=O)O)C2)C1. The lowest BCUT2D eigenvalue weighted by Gasteiger charge is -2.20. The molecule has 0 aromatic carbocycles. The van der Waals surface area contributed by atoms with Gasteiger partial charge in [0.2, 0.25) is 11.8 Å². The highest BCUT2D eigenvalue weighted by atomic mass is 16.4. The van der Waals surface area contributed by atoms with Crippen molar-refractivity contribution in [2.45, 2.75) is 25.7 Å². The number of hydrogen-bond donors (Lipinski definition) is 2. The average Bonchev–Trinajstić information content (AvgIpc) is 2.97. The zero-order valence-electron chi connectivity index (χ0n) is 10.2. The molecule has 100 valence electrons. The van der Waals surface area contributed by atoms with Crippen LogP contribution in [0.15, 0.2) is 0 Å². The Morgan fingerprint density at radius 3 is 2.22 bits per heavy atom. The molecule has 0 aromatic rings. The molecule has 1 aliphatic carbocycles. The van der Waals surface area contributed by atoms with E-state index in [1.165, 1.54) is 0 Å². The molecular weight excluding hydrogens is 236 g/mol. The highest BCUT2D eigenvalue weighted by Gasteiger charge is 2.38. The topological polar surface area (TPSA) is 101 Å². The Balaban J connectivity index is 1.90. The lowest BCUT2D eigenvalue weighted by atomic mass is 10.0. The summed E-state index contributed by atoms with van der Waals surface area (Å²) in [6.07, 6.45) is 2.24. The molecule has 6 nitrogen and oxygen atoms in total. The molecule has 2 amide bonds. The number of primary amides is 1. The van der Waals surface area contributed by atoms with Crippen molar-refractivity contribution in [2.75, 3.05) is 13.1 Å². The average molecular weight is 254 g/mol. The molecule has 2 rings (SSSR count). The van der Waals surface area contributed by atoms with Gasteiger partial charge in [0.1, 0.15) is 0 Å². The Bertz CT molecular complexity index is 348. The number of carbonyl (C=O) groups excluding carboxylic acids is 2. The van der Waals surface area contributed by atoms with Crippen molar-refractivity contribution in [2.24, 2.45) is 23.5 Å².